The van der Waals surface area contributed by atoms with Crippen LogP contribution < -0.4 is 0 Å². The van der Waals surface area contributed by atoms with Crippen molar-refractivity contribution in [2.75, 3.05) is 0 Å². The van der Waals surface area contributed by atoms with Crippen molar-refractivity contribution in [1.29, 1.82) is 0 Å². The summed E-state index contributed by atoms with van der Waals surface area (Å²) in [6.45, 7) is 0. The summed E-state index contributed by atoms with van der Waals surface area (Å²) in [7, 11) is -4.77. The van der Waals surface area contributed by atoms with Gasteiger partial charge in [-0.05, 0) is 17.7 Å². The second kappa shape index (κ2) is 3.97. The van der Waals surface area contributed by atoms with Gasteiger partial charge in [0.15, 0.2) is 0 Å². The summed E-state index contributed by atoms with van der Waals surface area (Å²) >= 11 is 3.20. The Labute approximate surface area is 83.8 Å². The van der Waals surface area contributed by atoms with Gasteiger partial charge in [0.05, 0.1) is 6.21 Å². The first-order valence-electron chi connectivity index (χ1n) is 3.23. The minimum absolute atomic E-state index is 0.518. The van der Waals surface area contributed by atoms with Gasteiger partial charge in [-0.25, -0.2) is 0 Å². The van der Waals surface area contributed by atoms with E-state index in [1.165, 1.54) is 0 Å². The molecule has 0 heterocycles. The highest BCUT2D eigenvalue weighted by molar-refractivity contribution is 9.10. The van der Waals surface area contributed by atoms with E-state index in [4.69, 9.17) is 0 Å². The standard InChI is InChI=1S/C7H5BrFNO2S/c8-7-3-1-6(2-4-7)5-10-13(9,11)12/h1-5H. The zero-order chi connectivity index (χ0) is 9.90. The van der Waals surface area contributed by atoms with Crippen molar-refractivity contribution in [3.8, 4) is 0 Å². The van der Waals surface area contributed by atoms with Crippen LogP contribution in [0.1, 0.15) is 5.56 Å². The van der Waals surface area contributed by atoms with E-state index in [-0.39, 0.29) is 0 Å². The Hall–Kier alpha value is -0.750. The Balaban J connectivity index is 2.88. The highest BCUT2D eigenvalue weighted by atomic mass is 79.9. The minimum Gasteiger partial charge on any atom is -0.170 e. The van der Waals surface area contributed by atoms with Crippen LogP contribution in [-0.4, -0.2) is 14.6 Å². The molecular weight excluding hydrogens is 261 g/mol. The first-order valence-corrected chi connectivity index (χ1v) is 5.36. The summed E-state index contributed by atoms with van der Waals surface area (Å²) in [6, 6.07) is 6.62. The van der Waals surface area contributed by atoms with Gasteiger partial charge in [0, 0.05) is 4.47 Å². The minimum atomic E-state index is -4.77. The molecule has 0 bridgehead atoms. The molecule has 13 heavy (non-hydrogen) atoms. The van der Waals surface area contributed by atoms with Crippen LogP contribution in [0, 0.1) is 0 Å². The van der Waals surface area contributed by atoms with E-state index < -0.39 is 10.4 Å². The lowest BCUT2D eigenvalue weighted by Crippen LogP contribution is -1.86. The molecule has 0 fully saturated rings. The van der Waals surface area contributed by atoms with Crippen LogP contribution in [0.3, 0.4) is 0 Å². The molecule has 0 aliphatic carbocycles. The highest BCUT2D eigenvalue weighted by Crippen LogP contribution is 2.09. The lowest BCUT2D eigenvalue weighted by Gasteiger charge is -1.91. The van der Waals surface area contributed by atoms with Gasteiger partial charge < -0.3 is 0 Å². The summed E-state index contributed by atoms with van der Waals surface area (Å²) in [6.07, 6.45) is 0.946. The zero-order valence-corrected chi connectivity index (χ0v) is 8.72. The van der Waals surface area contributed by atoms with Crippen molar-refractivity contribution in [1.82, 2.24) is 0 Å². The SMILES string of the molecule is O=S(=O)(F)N=Cc1ccc(Br)cc1. The predicted octanol–water partition coefficient (Wildman–Crippen LogP) is 2.08. The van der Waals surface area contributed by atoms with Crippen molar-refractivity contribution in [2.24, 2.45) is 4.40 Å². The third-order valence-corrected chi connectivity index (χ3v) is 2.08. The Kier molecular flexibility index (Phi) is 3.16. The van der Waals surface area contributed by atoms with E-state index in [2.05, 4.69) is 20.3 Å². The molecule has 0 aromatic heterocycles. The van der Waals surface area contributed by atoms with Gasteiger partial charge in [-0.3, -0.25) is 0 Å². The summed E-state index contributed by atoms with van der Waals surface area (Å²) in [5.41, 5.74) is 0.518. The van der Waals surface area contributed by atoms with Crippen LogP contribution in [0.5, 0.6) is 0 Å². The quantitative estimate of drug-likeness (QED) is 0.607. The van der Waals surface area contributed by atoms with E-state index in [0.717, 1.165) is 10.7 Å². The fourth-order valence-electron chi connectivity index (χ4n) is 0.673. The average molecular weight is 266 g/mol. The maximum absolute atomic E-state index is 11.9. The van der Waals surface area contributed by atoms with Gasteiger partial charge in [-0.15, -0.1) is 4.40 Å². The maximum Gasteiger partial charge on any atom is 0.417 e. The number of rotatable bonds is 2. The molecular formula is C7H5BrFNO2S. The molecule has 0 amide bonds. The molecule has 0 saturated heterocycles. The molecule has 70 valence electrons. The van der Waals surface area contributed by atoms with Crippen LogP contribution in [0.2, 0.25) is 0 Å². The van der Waals surface area contributed by atoms with Gasteiger partial charge in [0.2, 0.25) is 0 Å². The molecule has 0 unspecified atom stereocenters. The van der Waals surface area contributed by atoms with Gasteiger partial charge in [-0.2, -0.15) is 8.42 Å². The molecule has 0 spiro atoms. The number of hydrogen-bond donors (Lipinski definition) is 0. The second-order valence-corrected chi connectivity index (χ2v) is 4.15. The first-order chi connectivity index (χ1) is 5.97. The lowest BCUT2D eigenvalue weighted by molar-refractivity contribution is 0.554. The predicted molar refractivity (Wildman–Crippen MR) is 51.8 cm³/mol. The molecule has 0 saturated carbocycles. The topological polar surface area (TPSA) is 46.5 Å². The summed E-state index contributed by atoms with van der Waals surface area (Å²) < 4.78 is 35.5. The zero-order valence-electron chi connectivity index (χ0n) is 6.31. The number of hydrogen-bond acceptors (Lipinski definition) is 2. The average Bonchev–Trinajstić information content (AvgIpc) is 2.02. The Morgan fingerprint density at radius 2 is 1.85 bits per heavy atom. The molecule has 3 nitrogen and oxygen atoms in total. The summed E-state index contributed by atoms with van der Waals surface area (Å²) in [5, 5.41) is 0. The number of nitrogens with zero attached hydrogens (tertiary/aromatic N) is 1. The maximum atomic E-state index is 11.9. The Morgan fingerprint density at radius 3 is 2.31 bits per heavy atom. The first kappa shape index (κ1) is 10.3. The normalized spacial score (nSPS) is 12.2. The number of benzene rings is 1. The summed E-state index contributed by atoms with van der Waals surface area (Å²) in [5.74, 6) is 0. The highest BCUT2D eigenvalue weighted by Gasteiger charge is 1.99. The molecule has 1 aromatic carbocycles. The second-order valence-electron chi connectivity index (χ2n) is 2.20. The van der Waals surface area contributed by atoms with Crippen molar-refractivity contribution in [2.45, 2.75) is 0 Å². The van der Waals surface area contributed by atoms with Crippen molar-refractivity contribution in [3.05, 3.63) is 34.3 Å². The van der Waals surface area contributed by atoms with E-state index in [1.54, 1.807) is 24.3 Å². The lowest BCUT2D eigenvalue weighted by atomic mass is 10.2. The van der Waals surface area contributed by atoms with Gasteiger partial charge in [0.25, 0.3) is 0 Å². The largest absolute Gasteiger partial charge is 0.417 e. The molecule has 0 atom stereocenters. The fourth-order valence-corrected chi connectivity index (χ4v) is 1.18. The molecule has 1 rings (SSSR count). The van der Waals surface area contributed by atoms with Crippen LogP contribution in [-0.2, 0) is 10.4 Å². The Morgan fingerprint density at radius 1 is 1.31 bits per heavy atom. The molecule has 0 aliphatic rings. The molecule has 1 aromatic rings. The van der Waals surface area contributed by atoms with E-state index in [1.807, 2.05) is 0 Å². The van der Waals surface area contributed by atoms with E-state index in [9.17, 15) is 12.3 Å². The van der Waals surface area contributed by atoms with Gasteiger partial charge in [-0.1, -0.05) is 31.9 Å². The van der Waals surface area contributed by atoms with Crippen molar-refractivity contribution < 1.29 is 12.3 Å². The van der Waals surface area contributed by atoms with Gasteiger partial charge >= 0.3 is 10.4 Å². The molecule has 0 N–H and O–H groups in total. The fraction of sp³-hybridized carbons (Fsp3) is 0. The molecule has 0 aliphatic heterocycles. The third kappa shape index (κ3) is 4.14. The smallest absolute Gasteiger partial charge is 0.170 e. The van der Waals surface area contributed by atoms with E-state index >= 15 is 0 Å². The van der Waals surface area contributed by atoms with Crippen molar-refractivity contribution in [3.63, 3.8) is 0 Å². The van der Waals surface area contributed by atoms with Gasteiger partial charge in [0.1, 0.15) is 0 Å². The third-order valence-electron chi connectivity index (χ3n) is 1.20. The van der Waals surface area contributed by atoms with Crippen molar-refractivity contribution >= 4 is 32.6 Å². The van der Waals surface area contributed by atoms with E-state index in [0.29, 0.717) is 5.56 Å². The monoisotopic (exact) mass is 265 g/mol. The van der Waals surface area contributed by atoms with Crippen LogP contribution in [0.25, 0.3) is 0 Å². The van der Waals surface area contributed by atoms with Crippen LogP contribution in [0.4, 0.5) is 3.89 Å². The van der Waals surface area contributed by atoms with Crippen LogP contribution >= 0.6 is 15.9 Å². The molecule has 6 heteroatoms. The molecule has 0 radical (unpaired) electrons. The summed E-state index contributed by atoms with van der Waals surface area (Å²) in [4.78, 5) is 0. The Bertz CT molecular complexity index is 413. The van der Waals surface area contributed by atoms with Crippen LogP contribution in [0.15, 0.2) is 33.1 Å². The number of halogens is 2.